The second kappa shape index (κ2) is 5.70. The summed E-state index contributed by atoms with van der Waals surface area (Å²) in [7, 11) is 0. The first-order valence-corrected chi connectivity index (χ1v) is 7.36. The van der Waals surface area contributed by atoms with Crippen molar-refractivity contribution in [1.29, 1.82) is 0 Å². The zero-order chi connectivity index (χ0) is 14.8. The van der Waals surface area contributed by atoms with Crippen LogP contribution in [0.25, 0.3) is 11.1 Å². The molecule has 2 N–H and O–H groups in total. The molecule has 1 heterocycles. The van der Waals surface area contributed by atoms with Gasteiger partial charge in [-0.2, -0.15) is 0 Å². The topological polar surface area (TPSA) is 49.3 Å². The Bertz CT molecular complexity index is 652. The Morgan fingerprint density at radius 3 is 2.62 bits per heavy atom. The number of hydrogen-bond donors (Lipinski definition) is 2. The quantitative estimate of drug-likeness (QED) is 0.906. The van der Waals surface area contributed by atoms with Gasteiger partial charge in [0.15, 0.2) is 0 Å². The maximum absolute atomic E-state index is 11.6. The van der Waals surface area contributed by atoms with E-state index in [0.717, 1.165) is 35.1 Å². The summed E-state index contributed by atoms with van der Waals surface area (Å²) in [6.45, 7) is 2.08. The molecule has 2 aromatic carbocycles. The molecule has 0 radical (unpaired) electrons. The van der Waals surface area contributed by atoms with E-state index in [1.54, 1.807) is 0 Å². The number of carboxylic acids is 1. The largest absolute Gasteiger partial charge is 0.480 e. The Morgan fingerprint density at radius 1 is 1.19 bits per heavy atom. The second-order valence-electron chi connectivity index (χ2n) is 5.53. The van der Waals surface area contributed by atoms with Gasteiger partial charge in [-0.15, -0.1) is 0 Å². The fourth-order valence-electron chi connectivity index (χ4n) is 2.98. The summed E-state index contributed by atoms with van der Waals surface area (Å²) in [6, 6.07) is 15.9. The molecule has 0 fully saturated rings. The van der Waals surface area contributed by atoms with Crippen LogP contribution in [0.4, 0.5) is 0 Å². The molecule has 108 valence electrons. The van der Waals surface area contributed by atoms with Crippen LogP contribution in [0.3, 0.4) is 0 Å². The Balaban J connectivity index is 2.04. The van der Waals surface area contributed by atoms with Crippen LogP contribution in [-0.4, -0.2) is 17.1 Å². The number of benzene rings is 2. The Morgan fingerprint density at radius 2 is 1.95 bits per heavy atom. The van der Waals surface area contributed by atoms with Gasteiger partial charge >= 0.3 is 5.97 Å². The van der Waals surface area contributed by atoms with Gasteiger partial charge in [-0.05, 0) is 41.2 Å². The number of hydrogen-bond acceptors (Lipinski definition) is 2. The van der Waals surface area contributed by atoms with Crippen LogP contribution in [0.1, 0.15) is 30.5 Å². The fraction of sp³-hybridized carbons (Fsp3) is 0.278. The van der Waals surface area contributed by atoms with Gasteiger partial charge < -0.3 is 5.11 Å². The first-order valence-electron chi connectivity index (χ1n) is 7.36. The molecule has 0 saturated heterocycles. The molecule has 2 atom stereocenters. The van der Waals surface area contributed by atoms with Gasteiger partial charge in [0.25, 0.3) is 0 Å². The first kappa shape index (κ1) is 13.8. The molecule has 0 aliphatic carbocycles. The zero-order valence-corrected chi connectivity index (χ0v) is 12.0. The molecule has 3 rings (SSSR count). The van der Waals surface area contributed by atoms with E-state index in [2.05, 4.69) is 24.4 Å². The summed E-state index contributed by atoms with van der Waals surface area (Å²) in [4.78, 5) is 11.6. The lowest BCUT2D eigenvalue weighted by molar-refractivity contribution is -0.140. The van der Waals surface area contributed by atoms with Crippen molar-refractivity contribution < 1.29 is 9.90 Å². The molecule has 3 heteroatoms. The summed E-state index contributed by atoms with van der Waals surface area (Å²) in [6.07, 6.45) is 1.83. The standard InChI is InChI=1S/C18H19NO2/c1-2-15-10-14-9-8-13(12-6-4-3-5-7-12)11-16(14)17(19-15)18(20)21/h3-9,11,15,17,19H,2,10H2,1H3,(H,20,21). The van der Waals surface area contributed by atoms with Crippen LogP contribution in [0.2, 0.25) is 0 Å². The number of carbonyl (C=O) groups is 1. The molecule has 2 unspecified atom stereocenters. The third kappa shape index (κ3) is 2.69. The van der Waals surface area contributed by atoms with Crippen LogP contribution in [0, 0.1) is 0 Å². The van der Waals surface area contributed by atoms with Crippen LogP contribution in [0.5, 0.6) is 0 Å². The minimum Gasteiger partial charge on any atom is -0.480 e. The fourth-order valence-corrected chi connectivity index (χ4v) is 2.98. The maximum atomic E-state index is 11.6. The molecule has 1 aliphatic rings. The van der Waals surface area contributed by atoms with Crippen molar-refractivity contribution in [3.05, 3.63) is 59.7 Å². The van der Waals surface area contributed by atoms with Gasteiger partial charge in [-0.25, -0.2) is 0 Å². The van der Waals surface area contributed by atoms with Crippen molar-refractivity contribution in [1.82, 2.24) is 5.32 Å². The molecule has 1 aliphatic heterocycles. The van der Waals surface area contributed by atoms with Gasteiger partial charge in [0.1, 0.15) is 6.04 Å². The highest BCUT2D eigenvalue weighted by atomic mass is 16.4. The van der Waals surface area contributed by atoms with Crippen molar-refractivity contribution in [2.45, 2.75) is 31.8 Å². The van der Waals surface area contributed by atoms with Gasteiger partial charge in [0.05, 0.1) is 0 Å². The molecule has 3 nitrogen and oxygen atoms in total. The lowest BCUT2D eigenvalue weighted by Gasteiger charge is -2.31. The van der Waals surface area contributed by atoms with Gasteiger partial charge in [-0.1, -0.05) is 49.4 Å². The summed E-state index contributed by atoms with van der Waals surface area (Å²) >= 11 is 0. The Labute approximate surface area is 124 Å². The molecular formula is C18H19NO2. The van der Waals surface area contributed by atoms with Crippen molar-refractivity contribution in [2.75, 3.05) is 0 Å². The predicted molar refractivity (Wildman–Crippen MR) is 83.2 cm³/mol. The van der Waals surface area contributed by atoms with Crippen LogP contribution in [0.15, 0.2) is 48.5 Å². The maximum Gasteiger partial charge on any atom is 0.325 e. The highest BCUT2D eigenvalue weighted by Crippen LogP contribution is 2.31. The minimum absolute atomic E-state index is 0.237. The third-order valence-electron chi connectivity index (χ3n) is 4.17. The lowest BCUT2D eigenvalue weighted by atomic mass is 9.87. The number of carboxylic acid groups (broad SMARTS) is 1. The minimum atomic E-state index is -0.806. The summed E-state index contributed by atoms with van der Waals surface area (Å²) < 4.78 is 0. The normalized spacial score (nSPS) is 20.8. The molecule has 0 bridgehead atoms. The number of fused-ring (bicyclic) bond motifs is 1. The SMILES string of the molecule is CCC1Cc2ccc(-c3ccccc3)cc2C(C(=O)O)N1. The second-order valence-corrected chi connectivity index (χ2v) is 5.53. The van der Waals surface area contributed by atoms with Gasteiger partial charge in [0, 0.05) is 6.04 Å². The highest BCUT2D eigenvalue weighted by molar-refractivity contribution is 5.78. The van der Waals surface area contributed by atoms with E-state index in [9.17, 15) is 9.90 Å². The monoisotopic (exact) mass is 281 g/mol. The smallest absolute Gasteiger partial charge is 0.325 e. The number of nitrogens with one attached hydrogen (secondary N) is 1. The van der Waals surface area contributed by atoms with E-state index in [1.807, 2.05) is 36.4 Å². The van der Waals surface area contributed by atoms with E-state index in [1.165, 1.54) is 0 Å². The summed E-state index contributed by atoms with van der Waals surface area (Å²) in [5.74, 6) is -0.806. The van der Waals surface area contributed by atoms with Gasteiger partial charge in [0.2, 0.25) is 0 Å². The highest BCUT2D eigenvalue weighted by Gasteiger charge is 2.30. The van der Waals surface area contributed by atoms with E-state index < -0.39 is 12.0 Å². The predicted octanol–water partition coefficient (Wildman–Crippen LogP) is 3.40. The molecule has 0 aromatic heterocycles. The van der Waals surface area contributed by atoms with E-state index in [4.69, 9.17) is 0 Å². The van der Waals surface area contributed by atoms with Crippen LogP contribution in [-0.2, 0) is 11.2 Å². The summed E-state index contributed by atoms with van der Waals surface area (Å²) in [5.41, 5.74) is 4.22. The summed E-state index contributed by atoms with van der Waals surface area (Å²) in [5, 5.41) is 12.7. The van der Waals surface area contributed by atoms with Crippen LogP contribution >= 0.6 is 0 Å². The Hall–Kier alpha value is -2.13. The van der Waals surface area contributed by atoms with Gasteiger partial charge in [-0.3, -0.25) is 10.1 Å². The van der Waals surface area contributed by atoms with E-state index in [0.29, 0.717) is 0 Å². The zero-order valence-electron chi connectivity index (χ0n) is 12.0. The number of rotatable bonds is 3. The number of aliphatic carboxylic acids is 1. The van der Waals surface area contributed by atoms with E-state index in [-0.39, 0.29) is 6.04 Å². The molecule has 0 amide bonds. The van der Waals surface area contributed by atoms with Crippen molar-refractivity contribution in [3.8, 4) is 11.1 Å². The molecule has 21 heavy (non-hydrogen) atoms. The van der Waals surface area contributed by atoms with E-state index >= 15 is 0 Å². The lowest BCUT2D eigenvalue weighted by Crippen LogP contribution is -2.42. The first-order chi connectivity index (χ1) is 10.2. The van der Waals surface area contributed by atoms with Crippen molar-refractivity contribution >= 4 is 5.97 Å². The van der Waals surface area contributed by atoms with Crippen molar-refractivity contribution in [3.63, 3.8) is 0 Å². The molecule has 0 saturated carbocycles. The molecule has 2 aromatic rings. The molecular weight excluding hydrogens is 262 g/mol. The average Bonchev–Trinajstić information content (AvgIpc) is 2.54. The molecule has 0 spiro atoms. The average molecular weight is 281 g/mol. The third-order valence-corrected chi connectivity index (χ3v) is 4.17. The van der Waals surface area contributed by atoms with Crippen molar-refractivity contribution in [2.24, 2.45) is 0 Å². The Kier molecular flexibility index (Phi) is 3.76. The van der Waals surface area contributed by atoms with Crippen LogP contribution < -0.4 is 5.32 Å².